The SMILES string of the molecule is Cc1nc2c(C#N)cnn2c(C)c1CCC(=O)N1CCC[C@H]1c1nnc2ccccn12. The molecular formula is C22H22N8O. The average molecular weight is 414 g/mol. The third-order valence-corrected chi connectivity index (χ3v) is 6.13. The molecule has 1 saturated heterocycles. The van der Waals surface area contributed by atoms with Gasteiger partial charge in [0.1, 0.15) is 11.6 Å². The maximum Gasteiger partial charge on any atom is 0.223 e. The first-order valence-electron chi connectivity index (χ1n) is 10.4. The van der Waals surface area contributed by atoms with E-state index in [1.807, 2.05) is 47.5 Å². The van der Waals surface area contributed by atoms with Crippen molar-refractivity contribution < 1.29 is 4.79 Å². The molecule has 0 saturated carbocycles. The van der Waals surface area contributed by atoms with Crippen LogP contribution in [0.5, 0.6) is 0 Å². The van der Waals surface area contributed by atoms with Gasteiger partial charge in [-0.25, -0.2) is 9.50 Å². The molecule has 9 heteroatoms. The van der Waals surface area contributed by atoms with E-state index in [0.29, 0.717) is 24.1 Å². The number of aromatic nitrogens is 6. The molecule has 0 bridgehead atoms. The third kappa shape index (κ3) is 3.11. The smallest absolute Gasteiger partial charge is 0.223 e. The van der Waals surface area contributed by atoms with Crippen molar-refractivity contribution in [3.8, 4) is 6.07 Å². The Balaban J connectivity index is 1.37. The molecule has 1 aliphatic heterocycles. The predicted octanol–water partition coefficient (Wildman–Crippen LogP) is 2.56. The van der Waals surface area contributed by atoms with Crippen LogP contribution in [-0.2, 0) is 11.2 Å². The van der Waals surface area contributed by atoms with E-state index >= 15 is 0 Å². The van der Waals surface area contributed by atoms with E-state index in [1.54, 1.807) is 4.52 Å². The van der Waals surface area contributed by atoms with E-state index in [2.05, 4.69) is 26.3 Å². The fourth-order valence-corrected chi connectivity index (χ4v) is 4.55. The van der Waals surface area contributed by atoms with Gasteiger partial charge in [0.2, 0.25) is 5.91 Å². The molecule has 1 atom stereocenters. The minimum atomic E-state index is -0.0583. The molecule has 1 aliphatic rings. The molecule has 156 valence electrons. The van der Waals surface area contributed by atoms with Gasteiger partial charge in [0.05, 0.1) is 12.2 Å². The van der Waals surface area contributed by atoms with Crippen molar-refractivity contribution in [3.63, 3.8) is 0 Å². The molecule has 0 spiro atoms. The Morgan fingerprint density at radius 2 is 2.16 bits per heavy atom. The molecule has 5 heterocycles. The molecule has 9 nitrogen and oxygen atoms in total. The predicted molar refractivity (Wildman–Crippen MR) is 112 cm³/mol. The van der Waals surface area contributed by atoms with E-state index in [4.69, 9.17) is 0 Å². The van der Waals surface area contributed by atoms with Crippen LogP contribution < -0.4 is 0 Å². The fraction of sp³-hybridized carbons (Fsp3) is 0.364. The van der Waals surface area contributed by atoms with Crippen LogP contribution >= 0.6 is 0 Å². The minimum Gasteiger partial charge on any atom is -0.332 e. The highest BCUT2D eigenvalue weighted by atomic mass is 16.2. The number of pyridine rings is 1. The molecule has 0 unspecified atom stereocenters. The van der Waals surface area contributed by atoms with Gasteiger partial charge in [-0.2, -0.15) is 10.4 Å². The first kappa shape index (κ1) is 19.2. The number of nitriles is 1. The summed E-state index contributed by atoms with van der Waals surface area (Å²) in [6.45, 7) is 4.60. The number of amides is 1. The lowest BCUT2D eigenvalue weighted by Crippen LogP contribution is -2.31. The maximum absolute atomic E-state index is 13.2. The van der Waals surface area contributed by atoms with Gasteiger partial charge in [-0.3, -0.25) is 9.20 Å². The van der Waals surface area contributed by atoms with E-state index in [-0.39, 0.29) is 11.9 Å². The molecule has 5 rings (SSSR count). The lowest BCUT2D eigenvalue weighted by Gasteiger charge is -2.24. The zero-order chi connectivity index (χ0) is 21.5. The molecule has 4 aromatic rings. The van der Waals surface area contributed by atoms with Crippen molar-refractivity contribution in [2.75, 3.05) is 6.54 Å². The van der Waals surface area contributed by atoms with Gasteiger partial charge in [0, 0.05) is 30.6 Å². The summed E-state index contributed by atoms with van der Waals surface area (Å²) in [7, 11) is 0. The van der Waals surface area contributed by atoms with Crippen molar-refractivity contribution in [1.82, 2.24) is 34.1 Å². The quantitative estimate of drug-likeness (QED) is 0.508. The number of aryl methyl sites for hydroxylation is 2. The summed E-state index contributed by atoms with van der Waals surface area (Å²) in [5.74, 6) is 0.921. The Morgan fingerprint density at radius 3 is 3.00 bits per heavy atom. The fourth-order valence-electron chi connectivity index (χ4n) is 4.55. The van der Waals surface area contributed by atoms with Crippen LogP contribution in [0.4, 0.5) is 0 Å². The third-order valence-electron chi connectivity index (χ3n) is 6.13. The Kier molecular flexibility index (Phi) is 4.62. The topological polar surface area (TPSA) is 104 Å². The summed E-state index contributed by atoms with van der Waals surface area (Å²) < 4.78 is 3.65. The number of fused-ring (bicyclic) bond motifs is 2. The summed E-state index contributed by atoms with van der Waals surface area (Å²) in [5.41, 5.74) is 4.55. The van der Waals surface area contributed by atoms with Crippen LogP contribution in [0.1, 0.15) is 53.6 Å². The number of rotatable bonds is 4. The first-order valence-corrected chi connectivity index (χ1v) is 10.4. The molecule has 31 heavy (non-hydrogen) atoms. The minimum absolute atomic E-state index is 0.0583. The van der Waals surface area contributed by atoms with Crippen LogP contribution in [0.15, 0.2) is 30.6 Å². The van der Waals surface area contributed by atoms with Crippen molar-refractivity contribution >= 4 is 17.2 Å². The van der Waals surface area contributed by atoms with Crippen molar-refractivity contribution in [2.24, 2.45) is 0 Å². The Morgan fingerprint density at radius 1 is 1.29 bits per heavy atom. The van der Waals surface area contributed by atoms with E-state index < -0.39 is 0 Å². The second-order valence-electron chi connectivity index (χ2n) is 7.90. The van der Waals surface area contributed by atoms with Crippen LogP contribution in [-0.4, -0.2) is 46.5 Å². The highest BCUT2D eigenvalue weighted by molar-refractivity contribution is 5.77. The van der Waals surface area contributed by atoms with Gasteiger partial charge < -0.3 is 4.90 Å². The normalized spacial score (nSPS) is 16.3. The van der Waals surface area contributed by atoms with Gasteiger partial charge in [0.15, 0.2) is 17.1 Å². The number of hydrogen-bond donors (Lipinski definition) is 0. The number of likely N-dealkylation sites (tertiary alicyclic amines) is 1. The molecule has 4 aromatic heterocycles. The second-order valence-corrected chi connectivity index (χ2v) is 7.90. The molecule has 1 fully saturated rings. The standard InChI is InChI=1S/C22H22N8O/c1-14-17(15(2)30-21(25-14)16(12-23)13-24-30)8-9-20(31)28-11-5-6-18(28)22-27-26-19-7-3-4-10-29(19)22/h3-4,7,10,13,18H,5-6,8-9,11H2,1-2H3/t18-/m0/s1. The monoisotopic (exact) mass is 414 g/mol. The van der Waals surface area contributed by atoms with Gasteiger partial charge in [-0.05, 0) is 50.8 Å². The molecule has 0 aromatic carbocycles. The zero-order valence-electron chi connectivity index (χ0n) is 17.5. The molecule has 0 radical (unpaired) electrons. The van der Waals surface area contributed by atoms with Gasteiger partial charge in [0.25, 0.3) is 0 Å². The van der Waals surface area contributed by atoms with Crippen LogP contribution in [0.3, 0.4) is 0 Å². The molecule has 0 N–H and O–H groups in total. The number of nitrogens with zero attached hydrogens (tertiary/aromatic N) is 8. The summed E-state index contributed by atoms with van der Waals surface area (Å²) >= 11 is 0. The Labute approximate surface area is 178 Å². The maximum atomic E-state index is 13.2. The van der Waals surface area contributed by atoms with Crippen molar-refractivity contribution in [1.29, 1.82) is 5.26 Å². The highest BCUT2D eigenvalue weighted by Crippen LogP contribution is 2.32. The van der Waals surface area contributed by atoms with Gasteiger partial charge in [-0.15, -0.1) is 10.2 Å². The van der Waals surface area contributed by atoms with E-state index in [9.17, 15) is 10.1 Å². The molecular weight excluding hydrogens is 392 g/mol. The average Bonchev–Trinajstić information content (AvgIpc) is 3.50. The van der Waals surface area contributed by atoms with Crippen LogP contribution in [0, 0.1) is 25.2 Å². The van der Waals surface area contributed by atoms with Crippen LogP contribution in [0.2, 0.25) is 0 Å². The second kappa shape index (κ2) is 7.47. The van der Waals surface area contributed by atoms with Crippen molar-refractivity contribution in [3.05, 3.63) is 58.9 Å². The zero-order valence-corrected chi connectivity index (χ0v) is 17.5. The van der Waals surface area contributed by atoms with Crippen molar-refractivity contribution in [2.45, 2.75) is 45.6 Å². The summed E-state index contributed by atoms with van der Waals surface area (Å²) in [6.07, 6.45) is 6.27. The van der Waals surface area contributed by atoms with Gasteiger partial charge in [-0.1, -0.05) is 6.07 Å². The van der Waals surface area contributed by atoms with Gasteiger partial charge >= 0.3 is 0 Å². The van der Waals surface area contributed by atoms with E-state index in [1.165, 1.54) is 6.20 Å². The molecule has 1 amide bonds. The summed E-state index contributed by atoms with van der Waals surface area (Å²) in [4.78, 5) is 19.7. The Bertz CT molecular complexity index is 1350. The summed E-state index contributed by atoms with van der Waals surface area (Å²) in [6, 6.07) is 7.86. The summed E-state index contributed by atoms with van der Waals surface area (Å²) in [5, 5.41) is 22.1. The van der Waals surface area contributed by atoms with E-state index in [0.717, 1.165) is 47.8 Å². The number of carbonyl (C=O) groups is 1. The molecule has 0 aliphatic carbocycles. The highest BCUT2D eigenvalue weighted by Gasteiger charge is 2.33. The Hall–Kier alpha value is -3.80. The first-order chi connectivity index (χ1) is 15.1. The number of hydrogen-bond acceptors (Lipinski definition) is 6. The lowest BCUT2D eigenvalue weighted by atomic mass is 10.1. The largest absolute Gasteiger partial charge is 0.332 e. The lowest BCUT2D eigenvalue weighted by molar-refractivity contribution is -0.132. The number of carbonyl (C=O) groups excluding carboxylic acids is 1. The van der Waals surface area contributed by atoms with Crippen LogP contribution in [0.25, 0.3) is 11.3 Å².